The van der Waals surface area contributed by atoms with Crippen LogP contribution in [0.2, 0.25) is 0 Å². The van der Waals surface area contributed by atoms with Gasteiger partial charge < -0.3 is 10.2 Å². The molecule has 1 N–H and O–H groups in total. The van der Waals surface area contributed by atoms with Gasteiger partial charge in [-0.3, -0.25) is 14.6 Å². The molecule has 0 spiro atoms. The molecule has 5 nitrogen and oxygen atoms in total. The minimum absolute atomic E-state index is 0.0145. The Morgan fingerprint density at radius 1 is 1.26 bits per heavy atom. The molecule has 23 heavy (non-hydrogen) atoms. The van der Waals surface area contributed by atoms with Crippen LogP contribution in [0.1, 0.15) is 32.9 Å². The molecular formula is C17H17N3O2S. The van der Waals surface area contributed by atoms with Crippen LogP contribution in [-0.2, 0) is 0 Å². The number of likely N-dealkylation sites (tertiary alicyclic amines) is 1. The summed E-state index contributed by atoms with van der Waals surface area (Å²) in [6.45, 7) is 0.782. The van der Waals surface area contributed by atoms with Crippen molar-refractivity contribution in [2.75, 3.05) is 6.54 Å². The summed E-state index contributed by atoms with van der Waals surface area (Å²) in [5, 5.41) is 5.01. The Kier molecular flexibility index (Phi) is 3.61. The third kappa shape index (κ3) is 2.63. The Morgan fingerprint density at radius 3 is 2.87 bits per heavy atom. The Hall–Kier alpha value is -2.21. The van der Waals surface area contributed by atoms with Gasteiger partial charge in [-0.2, -0.15) is 0 Å². The van der Waals surface area contributed by atoms with Crippen LogP contribution in [-0.4, -0.2) is 40.3 Å². The summed E-state index contributed by atoms with van der Waals surface area (Å²) in [5.74, 6) is 0.459. The monoisotopic (exact) mass is 327 g/mol. The zero-order valence-corrected chi connectivity index (χ0v) is 13.3. The highest BCUT2D eigenvalue weighted by Gasteiger charge is 2.47. The van der Waals surface area contributed by atoms with Crippen molar-refractivity contribution >= 4 is 23.2 Å². The number of carbonyl (C=O) groups excluding carboxylic acids is 2. The molecule has 2 aromatic rings. The predicted molar refractivity (Wildman–Crippen MR) is 87.4 cm³/mol. The van der Waals surface area contributed by atoms with Gasteiger partial charge in [0, 0.05) is 25.0 Å². The van der Waals surface area contributed by atoms with Crippen molar-refractivity contribution in [3.8, 4) is 0 Å². The Balaban J connectivity index is 1.48. The van der Waals surface area contributed by atoms with Crippen LogP contribution in [0.4, 0.5) is 0 Å². The molecule has 1 saturated carbocycles. The van der Waals surface area contributed by atoms with E-state index in [-0.39, 0.29) is 23.9 Å². The first-order valence-electron chi connectivity index (χ1n) is 7.78. The summed E-state index contributed by atoms with van der Waals surface area (Å²) < 4.78 is 0. The molecule has 3 heterocycles. The topological polar surface area (TPSA) is 62.3 Å². The molecule has 2 amide bonds. The van der Waals surface area contributed by atoms with E-state index in [0.717, 1.165) is 24.3 Å². The van der Waals surface area contributed by atoms with Crippen LogP contribution >= 0.6 is 11.3 Å². The number of thiophene rings is 1. The third-order valence-electron chi connectivity index (χ3n) is 4.71. The van der Waals surface area contributed by atoms with Crippen LogP contribution < -0.4 is 5.32 Å². The SMILES string of the molecule is O=C(N[C@H]1C[C@@H]2C[C@H]1N(C(=O)c1cccnc1)C2)c1cccs1. The van der Waals surface area contributed by atoms with Crippen molar-refractivity contribution in [1.82, 2.24) is 15.2 Å². The van der Waals surface area contributed by atoms with E-state index in [4.69, 9.17) is 0 Å². The minimum Gasteiger partial charge on any atom is -0.347 e. The number of hydrogen-bond acceptors (Lipinski definition) is 4. The highest BCUT2D eigenvalue weighted by molar-refractivity contribution is 7.12. The molecule has 1 aliphatic heterocycles. The lowest BCUT2D eigenvalue weighted by molar-refractivity contribution is 0.0648. The highest BCUT2D eigenvalue weighted by Crippen LogP contribution is 2.38. The van der Waals surface area contributed by atoms with E-state index < -0.39 is 0 Å². The molecule has 0 radical (unpaired) electrons. The molecule has 118 valence electrons. The number of amides is 2. The zero-order chi connectivity index (χ0) is 15.8. The van der Waals surface area contributed by atoms with Crippen LogP contribution in [0.5, 0.6) is 0 Å². The first-order chi connectivity index (χ1) is 11.2. The van der Waals surface area contributed by atoms with E-state index in [0.29, 0.717) is 11.5 Å². The normalized spacial score (nSPS) is 25.6. The fourth-order valence-corrected chi connectivity index (χ4v) is 4.34. The van der Waals surface area contributed by atoms with Gasteiger partial charge in [0.1, 0.15) is 0 Å². The van der Waals surface area contributed by atoms with Crippen molar-refractivity contribution in [2.24, 2.45) is 5.92 Å². The number of fused-ring (bicyclic) bond motifs is 2. The second-order valence-corrected chi connectivity index (χ2v) is 7.11. The summed E-state index contributed by atoms with van der Waals surface area (Å²) in [7, 11) is 0. The molecule has 2 aromatic heterocycles. The number of aromatic nitrogens is 1. The summed E-state index contributed by atoms with van der Waals surface area (Å²) in [5.41, 5.74) is 0.614. The lowest BCUT2D eigenvalue weighted by Gasteiger charge is -2.33. The van der Waals surface area contributed by atoms with Crippen molar-refractivity contribution < 1.29 is 9.59 Å². The van der Waals surface area contributed by atoms with Gasteiger partial charge in [-0.25, -0.2) is 0 Å². The van der Waals surface area contributed by atoms with Crippen LogP contribution in [0.3, 0.4) is 0 Å². The molecule has 0 aromatic carbocycles. The third-order valence-corrected chi connectivity index (χ3v) is 5.58. The Morgan fingerprint density at radius 2 is 2.17 bits per heavy atom. The minimum atomic E-state index is -0.0358. The average Bonchev–Trinajstić information content (AvgIpc) is 3.31. The van der Waals surface area contributed by atoms with E-state index in [9.17, 15) is 9.59 Å². The van der Waals surface area contributed by atoms with Crippen molar-refractivity contribution in [3.63, 3.8) is 0 Å². The molecule has 3 atom stereocenters. The first-order valence-corrected chi connectivity index (χ1v) is 8.65. The quantitative estimate of drug-likeness (QED) is 0.940. The van der Waals surface area contributed by atoms with Gasteiger partial charge in [-0.1, -0.05) is 6.07 Å². The fourth-order valence-electron chi connectivity index (χ4n) is 3.72. The molecule has 6 heteroatoms. The number of pyridine rings is 1. The van der Waals surface area contributed by atoms with E-state index in [1.54, 1.807) is 24.5 Å². The maximum absolute atomic E-state index is 12.7. The van der Waals surface area contributed by atoms with Gasteiger partial charge in [0.25, 0.3) is 11.8 Å². The molecule has 2 bridgehead atoms. The molecule has 1 saturated heterocycles. The van der Waals surface area contributed by atoms with Crippen molar-refractivity contribution in [1.29, 1.82) is 0 Å². The number of nitrogens with one attached hydrogen (secondary N) is 1. The fraction of sp³-hybridized carbons (Fsp3) is 0.353. The molecular weight excluding hydrogens is 310 g/mol. The number of piperidine rings is 1. The summed E-state index contributed by atoms with van der Waals surface area (Å²) in [6.07, 6.45) is 5.20. The molecule has 2 fully saturated rings. The number of carbonyl (C=O) groups is 2. The summed E-state index contributed by atoms with van der Waals surface area (Å²) in [6, 6.07) is 7.41. The standard InChI is InChI=1S/C17H17N3O2S/c21-16(15-4-2-6-23-15)19-13-7-11-8-14(13)20(10-11)17(22)12-3-1-5-18-9-12/h1-6,9,11,13-14H,7-8,10H2,(H,19,21)/t11-,13+,14-/m1/s1. The lowest BCUT2D eigenvalue weighted by atomic mass is 10.0. The largest absolute Gasteiger partial charge is 0.347 e. The van der Waals surface area contributed by atoms with Crippen LogP contribution in [0, 0.1) is 5.92 Å². The number of hydrogen-bond donors (Lipinski definition) is 1. The second kappa shape index (κ2) is 5.77. The van der Waals surface area contributed by atoms with Gasteiger partial charge >= 0.3 is 0 Å². The molecule has 1 aliphatic carbocycles. The maximum Gasteiger partial charge on any atom is 0.261 e. The molecule has 4 rings (SSSR count). The highest BCUT2D eigenvalue weighted by atomic mass is 32.1. The summed E-state index contributed by atoms with van der Waals surface area (Å²) in [4.78, 5) is 31.6. The van der Waals surface area contributed by atoms with Crippen molar-refractivity contribution in [3.05, 3.63) is 52.5 Å². The van der Waals surface area contributed by atoms with Gasteiger partial charge in [-0.15, -0.1) is 11.3 Å². The zero-order valence-electron chi connectivity index (χ0n) is 12.5. The van der Waals surface area contributed by atoms with Crippen LogP contribution in [0.25, 0.3) is 0 Å². The van der Waals surface area contributed by atoms with Gasteiger partial charge in [0.2, 0.25) is 0 Å². The predicted octanol–water partition coefficient (Wildman–Crippen LogP) is 2.18. The lowest BCUT2D eigenvalue weighted by Crippen LogP contribution is -2.51. The smallest absolute Gasteiger partial charge is 0.261 e. The number of nitrogens with zero attached hydrogens (tertiary/aromatic N) is 2. The maximum atomic E-state index is 12.7. The first kappa shape index (κ1) is 14.4. The number of rotatable bonds is 3. The average molecular weight is 327 g/mol. The molecule has 0 unspecified atom stereocenters. The van der Waals surface area contributed by atoms with Crippen molar-refractivity contribution in [2.45, 2.75) is 24.9 Å². The van der Waals surface area contributed by atoms with E-state index >= 15 is 0 Å². The van der Waals surface area contributed by atoms with E-state index in [1.807, 2.05) is 22.4 Å². The van der Waals surface area contributed by atoms with E-state index in [1.165, 1.54) is 11.3 Å². The van der Waals surface area contributed by atoms with Gasteiger partial charge in [0.15, 0.2) is 0 Å². The Bertz CT molecular complexity index is 717. The van der Waals surface area contributed by atoms with E-state index in [2.05, 4.69) is 10.3 Å². The van der Waals surface area contributed by atoms with Crippen LogP contribution in [0.15, 0.2) is 42.0 Å². The summed E-state index contributed by atoms with van der Waals surface area (Å²) >= 11 is 1.44. The van der Waals surface area contributed by atoms with Gasteiger partial charge in [-0.05, 0) is 42.3 Å². The second-order valence-electron chi connectivity index (χ2n) is 6.16. The molecule has 2 aliphatic rings. The van der Waals surface area contributed by atoms with Gasteiger partial charge in [0.05, 0.1) is 16.5 Å². The Labute approximate surface area is 138 Å².